The van der Waals surface area contributed by atoms with E-state index in [0.717, 1.165) is 141 Å². The molecule has 0 saturated carbocycles. The van der Waals surface area contributed by atoms with Crippen molar-refractivity contribution in [3.05, 3.63) is 202 Å². The van der Waals surface area contributed by atoms with E-state index in [1.165, 1.54) is 22.3 Å². The molecule has 1 N–H and O–H groups in total. The van der Waals surface area contributed by atoms with Crippen LogP contribution in [0.3, 0.4) is 0 Å². The number of rotatable bonds is 6. The van der Waals surface area contributed by atoms with Gasteiger partial charge in [-0.05, 0) is 134 Å². The summed E-state index contributed by atoms with van der Waals surface area (Å²) in [5.41, 5.74) is 24.6. The SMILES string of the molecule is Cc1cc(C)cc(-c2cccc(-c3cc(C)cc(C)c3)c2-c2[c-]c(-c3cccc4c3nc(-c3ccc5c(n3)-c3c(O)cccc3CC5)n4-c3c(C)cccc3C)cc3oc4ccccc4c23)c1.[Pt]. The van der Waals surface area contributed by atoms with E-state index in [-0.39, 0.29) is 26.8 Å². The fraction of sp³-hybridized carbons (Fsp3) is 0.129. The van der Waals surface area contributed by atoms with Crippen LogP contribution in [0.2, 0.25) is 0 Å². The van der Waals surface area contributed by atoms with Crippen LogP contribution < -0.4 is 0 Å². The van der Waals surface area contributed by atoms with Gasteiger partial charge < -0.3 is 9.52 Å². The Morgan fingerprint density at radius 1 is 0.559 bits per heavy atom. The Hall–Kier alpha value is -7.33. The number of hydrogen-bond acceptors (Lipinski definition) is 4. The summed E-state index contributed by atoms with van der Waals surface area (Å²) in [6.07, 6.45) is 1.72. The van der Waals surface area contributed by atoms with Crippen LogP contribution in [-0.4, -0.2) is 19.6 Å². The number of aryl methyl sites for hydroxylation is 8. The molecule has 0 amide bonds. The molecule has 0 aliphatic heterocycles. The van der Waals surface area contributed by atoms with Crippen molar-refractivity contribution in [2.75, 3.05) is 0 Å². The summed E-state index contributed by atoms with van der Waals surface area (Å²) in [5, 5.41) is 13.3. The van der Waals surface area contributed by atoms with Crippen molar-refractivity contribution in [1.82, 2.24) is 14.5 Å². The van der Waals surface area contributed by atoms with Crippen molar-refractivity contribution in [2.45, 2.75) is 54.4 Å². The number of benzene rings is 8. The number of aromatic hydroxyl groups is 1. The van der Waals surface area contributed by atoms with E-state index in [1.54, 1.807) is 6.07 Å². The van der Waals surface area contributed by atoms with Gasteiger partial charge in [0.05, 0.1) is 28.0 Å². The van der Waals surface area contributed by atoms with Crippen LogP contribution in [0.15, 0.2) is 156 Å². The Morgan fingerprint density at radius 3 is 1.88 bits per heavy atom. The minimum Gasteiger partial charge on any atom is -0.507 e. The molecule has 68 heavy (non-hydrogen) atoms. The van der Waals surface area contributed by atoms with Crippen molar-refractivity contribution in [2.24, 2.45) is 0 Å². The number of hydrogen-bond donors (Lipinski definition) is 1. The molecule has 0 radical (unpaired) electrons. The first kappa shape index (κ1) is 43.3. The summed E-state index contributed by atoms with van der Waals surface area (Å²) in [4.78, 5) is 11.0. The Kier molecular flexibility index (Phi) is 10.7. The van der Waals surface area contributed by atoms with Crippen LogP contribution in [0, 0.1) is 47.6 Å². The fourth-order valence-electron chi connectivity index (χ4n) is 10.9. The van der Waals surface area contributed by atoms with E-state index in [1.807, 2.05) is 12.1 Å². The molecule has 0 fully saturated rings. The van der Waals surface area contributed by atoms with E-state index in [0.29, 0.717) is 0 Å². The number of fused-ring (bicyclic) bond motifs is 7. The van der Waals surface area contributed by atoms with Gasteiger partial charge in [0.2, 0.25) is 0 Å². The molecule has 0 spiro atoms. The molecule has 12 rings (SSSR count). The second-order valence-corrected chi connectivity index (χ2v) is 18.6. The molecule has 0 saturated heterocycles. The summed E-state index contributed by atoms with van der Waals surface area (Å²) in [5.74, 6) is 0.980. The molecule has 334 valence electrons. The number of pyridine rings is 1. The minimum atomic E-state index is 0. The zero-order chi connectivity index (χ0) is 45.7. The van der Waals surface area contributed by atoms with Crippen molar-refractivity contribution >= 4 is 33.0 Å². The Balaban J connectivity index is 0.00000507. The average Bonchev–Trinajstić information content (AvgIpc) is 3.89. The zero-order valence-electron chi connectivity index (χ0n) is 38.9. The number of phenols is 1. The van der Waals surface area contributed by atoms with Crippen LogP contribution in [0.5, 0.6) is 5.75 Å². The van der Waals surface area contributed by atoms with Crippen LogP contribution in [0.4, 0.5) is 0 Å². The molecule has 0 unspecified atom stereocenters. The van der Waals surface area contributed by atoms with E-state index >= 15 is 0 Å². The summed E-state index contributed by atoms with van der Waals surface area (Å²) >= 11 is 0. The first-order chi connectivity index (χ1) is 32.6. The van der Waals surface area contributed by atoms with Gasteiger partial charge in [0, 0.05) is 26.6 Å². The van der Waals surface area contributed by atoms with Gasteiger partial charge in [-0.15, -0.1) is 17.2 Å². The second-order valence-electron chi connectivity index (χ2n) is 18.6. The summed E-state index contributed by atoms with van der Waals surface area (Å²) in [6.45, 7) is 13.0. The van der Waals surface area contributed by atoms with Gasteiger partial charge in [-0.1, -0.05) is 161 Å². The molecule has 1 aliphatic rings. The van der Waals surface area contributed by atoms with Crippen LogP contribution in [0.1, 0.15) is 44.5 Å². The molecular weight excluding hydrogens is 1010 g/mol. The maximum atomic E-state index is 11.2. The first-order valence-corrected chi connectivity index (χ1v) is 23.2. The van der Waals surface area contributed by atoms with Crippen molar-refractivity contribution in [1.29, 1.82) is 0 Å². The Morgan fingerprint density at radius 2 is 1.18 bits per heavy atom. The number of phenolic OH excluding ortho intramolecular Hbond substituents is 1. The van der Waals surface area contributed by atoms with Crippen LogP contribution in [0.25, 0.3) is 106 Å². The van der Waals surface area contributed by atoms with Gasteiger partial charge >= 0.3 is 0 Å². The average molecular weight is 1060 g/mol. The van der Waals surface area contributed by atoms with E-state index in [2.05, 4.69) is 186 Å². The number of furan rings is 1. The minimum absolute atomic E-state index is 0. The topological polar surface area (TPSA) is 64.1 Å². The molecule has 8 aromatic carbocycles. The van der Waals surface area contributed by atoms with Crippen molar-refractivity contribution < 1.29 is 30.6 Å². The van der Waals surface area contributed by atoms with Crippen molar-refractivity contribution in [3.8, 4) is 78.7 Å². The molecule has 3 heterocycles. The van der Waals surface area contributed by atoms with E-state index < -0.39 is 0 Å². The molecule has 3 aromatic heterocycles. The number of imidazole rings is 1. The number of nitrogens with zero attached hydrogens (tertiary/aromatic N) is 3. The quantitative estimate of drug-likeness (QED) is 0.169. The van der Waals surface area contributed by atoms with Gasteiger partial charge in [-0.2, -0.15) is 0 Å². The maximum absolute atomic E-state index is 11.2. The Bertz CT molecular complexity index is 3720. The molecule has 11 aromatic rings. The third-order valence-electron chi connectivity index (χ3n) is 13.7. The standard InChI is InChI=1S/C62H48N3O2.Pt/c1-35-27-36(2)30-43(29-35)46-17-11-18-47(44-31-37(3)28-38(4)32-44)57(46)50-33-45(34-55-58(50)49-16-7-8-22-54(49)67-55)48-19-12-20-52-60(48)64-62(65(52)61-39(5)13-9-14-40(61)6)51-26-25-42-24-23-41-15-10-21-53(66)56(41)59(42)63-51;/h7-22,25-32,34,66H,23-24H2,1-6H3;/q-1;. The summed E-state index contributed by atoms with van der Waals surface area (Å²) < 4.78 is 9.15. The van der Waals surface area contributed by atoms with E-state index in [4.69, 9.17) is 14.4 Å². The van der Waals surface area contributed by atoms with Gasteiger partial charge in [-0.3, -0.25) is 4.57 Å². The third-order valence-corrected chi connectivity index (χ3v) is 13.7. The van der Waals surface area contributed by atoms with Gasteiger partial charge in [0.1, 0.15) is 17.0 Å². The maximum Gasteiger partial charge on any atom is 0.163 e. The second kappa shape index (κ2) is 16.8. The number of aromatic nitrogens is 3. The molecule has 5 nitrogen and oxygen atoms in total. The van der Waals surface area contributed by atoms with Gasteiger partial charge in [0.15, 0.2) is 5.82 Å². The van der Waals surface area contributed by atoms with Crippen molar-refractivity contribution in [3.63, 3.8) is 0 Å². The molecule has 0 bridgehead atoms. The van der Waals surface area contributed by atoms with Gasteiger partial charge in [0.25, 0.3) is 0 Å². The monoisotopic (exact) mass is 1060 g/mol. The Labute approximate surface area is 411 Å². The predicted octanol–water partition coefficient (Wildman–Crippen LogP) is 15.8. The summed E-state index contributed by atoms with van der Waals surface area (Å²) in [7, 11) is 0. The van der Waals surface area contributed by atoms with Crippen LogP contribution >= 0.6 is 0 Å². The predicted molar refractivity (Wildman–Crippen MR) is 275 cm³/mol. The largest absolute Gasteiger partial charge is 0.507 e. The molecule has 0 atom stereocenters. The van der Waals surface area contributed by atoms with E-state index in [9.17, 15) is 5.11 Å². The molecular formula is C62H48N3O2Pt-. The smallest absolute Gasteiger partial charge is 0.163 e. The zero-order valence-corrected chi connectivity index (χ0v) is 41.1. The normalized spacial score (nSPS) is 12.1. The van der Waals surface area contributed by atoms with Gasteiger partial charge in [-0.25, -0.2) is 9.97 Å². The van der Waals surface area contributed by atoms with Crippen LogP contribution in [-0.2, 0) is 33.9 Å². The molecule has 6 heteroatoms. The summed E-state index contributed by atoms with van der Waals surface area (Å²) in [6, 6.07) is 57.9. The number of para-hydroxylation sites is 3. The first-order valence-electron chi connectivity index (χ1n) is 23.2. The fourth-order valence-corrected chi connectivity index (χ4v) is 10.9. The molecule has 1 aliphatic carbocycles. The third kappa shape index (κ3) is 7.11.